The van der Waals surface area contributed by atoms with Crippen molar-refractivity contribution in [3.8, 4) is 0 Å². The average molecular weight is 289 g/mol. The van der Waals surface area contributed by atoms with E-state index in [-0.39, 0.29) is 12.3 Å². The second-order valence-electron chi connectivity index (χ2n) is 4.41. The monoisotopic (exact) mass is 289 g/mol. The quantitative estimate of drug-likeness (QED) is 0.856. The summed E-state index contributed by atoms with van der Waals surface area (Å²) in [5, 5.41) is 8.75. The summed E-state index contributed by atoms with van der Waals surface area (Å²) in [6.07, 6.45) is 0. The minimum absolute atomic E-state index is 0.118. The van der Waals surface area contributed by atoms with Crippen LogP contribution in [-0.4, -0.2) is 37.4 Å². The number of halogens is 1. The van der Waals surface area contributed by atoms with Crippen LogP contribution in [0.1, 0.15) is 12.5 Å². The summed E-state index contributed by atoms with van der Waals surface area (Å²) in [6, 6.07) is 5.31. The van der Waals surface area contributed by atoms with Crippen molar-refractivity contribution < 1.29 is 22.7 Å². The molecule has 7 heteroatoms. The van der Waals surface area contributed by atoms with Crippen LogP contribution in [0.25, 0.3) is 0 Å². The molecule has 0 heterocycles. The maximum Gasteiger partial charge on any atom is 0.307 e. The van der Waals surface area contributed by atoms with E-state index < -0.39 is 27.7 Å². The third-order valence-corrected chi connectivity index (χ3v) is 4.46. The lowest BCUT2D eigenvalue weighted by Gasteiger charge is -2.19. The molecule has 0 aliphatic carbocycles. The largest absolute Gasteiger partial charge is 0.481 e. The third kappa shape index (κ3) is 4.60. The zero-order chi connectivity index (χ0) is 14.6. The van der Waals surface area contributed by atoms with Crippen molar-refractivity contribution in [3.63, 3.8) is 0 Å². The van der Waals surface area contributed by atoms with Crippen LogP contribution >= 0.6 is 0 Å². The van der Waals surface area contributed by atoms with Gasteiger partial charge in [-0.15, -0.1) is 0 Å². The van der Waals surface area contributed by atoms with Gasteiger partial charge in [0.1, 0.15) is 5.82 Å². The summed E-state index contributed by atoms with van der Waals surface area (Å²) in [6.45, 7) is 1.31. The molecule has 0 aliphatic heterocycles. The van der Waals surface area contributed by atoms with Gasteiger partial charge in [-0.25, -0.2) is 17.1 Å². The van der Waals surface area contributed by atoms with Gasteiger partial charge < -0.3 is 5.11 Å². The molecule has 1 N–H and O–H groups in total. The lowest BCUT2D eigenvalue weighted by atomic mass is 10.2. The Balaban J connectivity index is 2.78. The normalized spacial score (nSPS) is 13.5. The van der Waals surface area contributed by atoms with Crippen molar-refractivity contribution in [3.05, 3.63) is 35.6 Å². The molecule has 1 unspecified atom stereocenters. The molecule has 0 spiro atoms. The third-order valence-electron chi connectivity index (χ3n) is 2.67. The van der Waals surface area contributed by atoms with Crippen molar-refractivity contribution in [2.24, 2.45) is 5.92 Å². The van der Waals surface area contributed by atoms with Crippen molar-refractivity contribution in [2.75, 3.05) is 13.6 Å². The van der Waals surface area contributed by atoms with Crippen LogP contribution in [0.15, 0.2) is 24.3 Å². The summed E-state index contributed by atoms with van der Waals surface area (Å²) in [4.78, 5) is 10.7. The number of benzene rings is 1. The lowest BCUT2D eigenvalue weighted by Crippen LogP contribution is -2.34. The van der Waals surface area contributed by atoms with Gasteiger partial charge in [0.25, 0.3) is 0 Å². The van der Waals surface area contributed by atoms with Gasteiger partial charge in [-0.2, -0.15) is 0 Å². The maximum absolute atomic E-state index is 13.0. The Kier molecular flexibility index (Phi) is 5.02. The Morgan fingerprint density at radius 3 is 2.63 bits per heavy atom. The van der Waals surface area contributed by atoms with E-state index >= 15 is 0 Å². The minimum atomic E-state index is -3.66. The molecule has 0 fully saturated rings. The van der Waals surface area contributed by atoms with Crippen LogP contribution in [-0.2, 0) is 20.6 Å². The Morgan fingerprint density at radius 1 is 1.47 bits per heavy atom. The number of carboxylic acids is 1. The fourth-order valence-electron chi connectivity index (χ4n) is 1.52. The number of sulfonamides is 1. The topological polar surface area (TPSA) is 74.7 Å². The summed E-state index contributed by atoms with van der Waals surface area (Å²) < 4.78 is 37.9. The fraction of sp³-hybridized carbons (Fsp3) is 0.417. The zero-order valence-electron chi connectivity index (χ0n) is 10.7. The van der Waals surface area contributed by atoms with Gasteiger partial charge in [0, 0.05) is 13.6 Å². The van der Waals surface area contributed by atoms with Gasteiger partial charge >= 0.3 is 5.97 Å². The molecule has 1 aromatic rings. The fourth-order valence-corrected chi connectivity index (χ4v) is 2.80. The van der Waals surface area contributed by atoms with Crippen LogP contribution in [0.2, 0.25) is 0 Å². The highest BCUT2D eigenvalue weighted by molar-refractivity contribution is 7.88. The molecule has 0 bridgehead atoms. The van der Waals surface area contributed by atoms with Gasteiger partial charge in [0.15, 0.2) is 0 Å². The van der Waals surface area contributed by atoms with Crippen LogP contribution in [0.3, 0.4) is 0 Å². The molecule has 0 aromatic heterocycles. The van der Waals surface area contributed by atoms with E-state index in [0.29, 0.717) is 5.56 Å². The van der Waals surface area contributed by atoms with E-state index in [1.54, 1.807) is 0 Å². The van der Waals surface area contributed by atoms with Gasteiger partial charge in [0.2, 0.25) is 10.0 Å². The molecule has 19 heavy (non-hydrogen) atoms. The summed E-state index contributed by atoms with van der Waals surface area (Å²) in [5.74, 6) is -2.72. The highest BCUT2D eigenvalue weighted by atomic mass is 32.2. The molecular weight excluding hydrogens is 273 g/mol. The molecule has 0 amide bonds. The van der Waals surface area contributed by atoms with Crippen molar-refractivity contribution in [1.29, 1.82) is 0 Å². The highest BCUT2D eigenvalue weighted by Crippen LogP contribution is 2.12. The van der Waals surface area contributed by atoms with Crippen LogP contribution in [0, 0.1) is 11.7 Å². The van der Waals surface area contributed by atoms with Crippen molar-refractivity contribution in [1.82, 2.24) is 4.31 Å². The van der Waals surface area contributed by atoms with E-state index in [1.165, 1.54) is 32.2 Å². The highest BCUT2D eigenvalue weighted by Gasteiger charge is 2.23. The van der Waals surface area contributed by atoms with E-state index in [1.807, 2.05) is 0 Å². The molecule has 0 saturated carbocycles. The zero-order valence-corrected chi connectivity index (χ0v) is 11.5. The Morgan fingerprint density at radius 2 is 2.11 bits per heavy atom. The summed E-state index contributed by atoms with van der Waals surface area (Å²) in [7, 11) is -2.34. The molecule has 1 rings (SSSR count). The number of nitrogens with zero attached hydrogens (tertiary/aromatic N) is 1. The second kappa shape index (κ2) is 6.12. The molecule has 0 radical (unpaired) electrons. The molecule has 5 nitrogen and oxygen atoms in total. The van der Waals surface area contributed by atoms with E-state index in [0.717, 1.165) is 10.4 Å². The summed E-state index contributed by atoms with van der Waals surface area (Å²) in [5.41, 5.74) is 0.329. The molecule has 0 aliphatic rings. The van der Waals surface area contributed by atoms with Crippen LogP contribution in [0.5, 0.6) is 0 Å². The number of aliphatic carboxylic acids is 1. The Labute approximate surface area is 111 Å². The van der Waals surface area contributed by atoms with Gasteiger partial charge in [-0.1, -0.05) is 19.1 Å². The average Bonchev–Trinajstić information content (AvgIpc) is 2.27. The molecule has 0 saturated heterocycles. The van der Waals surface area contributed by atoms with Gasteiger partial charge in [0.05, 0.1) is 11.7 Å². The first kappa shape index (κ1) is 15.6. The first-order valence-corrected chi connectivity index (χ1v) is 7.24. The first-order chi connectivity index (χ1) is 8.72. The van der Waals surface area contributed by atoms with Crippen LogP contribution in [0.4, 0.5) is 4.39 Å². The minimum Gasteiger partial charge on any atom is -0.481 e. The maximum atomic E-state index is 13.0. The predicted octanol–water partition coefficient (Wildman–Crippen LogP) is 1.31. The number of hydrogen-bond acceptors (Lipinski definition) is 3. The SMILES string of the molecule is CC(CN(C)S(=O)(=O)Cc1cccc(F)c1)C(=O)O. The standard InChI is InChI=1S/C12H16FNO4S/c1-9(12(15)16)7-14(2)19(17,18)8-10-4-3-5-11(13)6-10/h3-6,9H,7-8H2,1-2H3,(H,15,16). The second-order valence-corrected chi connectivity index (χ2v) is 6.48. The Bertz CT molecular complexity index is 559. The molecule has 1 atom stereocenters. The van der Waals surface area contributed by atoms with Gasteiger partial charge in [-0.05, 0) is 17.7 Å². The summed E-state index contributed by atoms with van der Waals surface area (Å²) >= 11 is 0. The van der Waals surface area contributed by atoms with Crippen LogP contribution < -0.4 is 0 Å². The first-order valence-electron chi connectivity index (χ1n) is 5.63. The van der Waals surface area contributed by atoms with Gasteiger partial charge in [-0.3, -0.25) is 4.79 Å². The van der Waals surface area contributed by atoms with E-state index in [9.17, 15) is 17.6 Å². The smallest absolute Gasteiger partial charge is 0.307 e. The Hall–Kier alpha value is -1.47. The molecule has 106 valence electrons. The molecule has 1 aromatic carbocycles. The van der Waals surface area contributed by atoms with E-state index in [2.05, 4.69) is 0 Å². The lowest BCUT2D eigenvalue weighted by molar-refractivity contribution is -0.141. The predicted molar refractivity (Wildman–Crippen MR) is 68.5 cm³/mol. The molecular formula is C12H16FNO4S. The number of carbonyl (C=O) groups is 1. The van der Waals surface area contributed by atoms with Crippen molar-refractivity contribution >= 4 is 16.0 Å². The number of hydrogen-bond donors (Lipinski definition) is 1. The van der Waals surface area contributed by atoms with E-state index in [4.69, 9.17) is 5.11 Å². The van der Waals surface area contributed by atoms with Crippen molar-refractivity contribution in [2.45, 2.75) is 12.7 Å². The number of rotatable bonds is 6. The number of carboxylic acid groups (broad SMARTS) is 1.